The molecule has 14 heavy (non-hydrogen) atoms. The summed E-state index contributed by atoms with van der Waals surface area (Å²) in [7, 11) is 0. The summed E-state index contributed by atoms with van der Waals surface area (Å²) < 4.78 is 0. The molecular formula is C9H19NO4. The van der Waals surface area contributed by atoms with E-state index in [1.807, 2.05) is 4.90 Å². The Kier molecular flexibility index (Phi) is 13.4. The van der Waals surface area contributed by atoms with Crippen molar-refractivity contribution >= 4 is 5.97 Å². The maximum absolute atomic E-state index is 9.00. The van der Waals surface area contributed by atoms with Crippen molar-refractivity contribution in [3.8, 4) is 0 Å². The summed E-state index contributed by atoms with van der Waals surface area (Å²) in [4.78, 5) is 10.9. The highest BCUT2D eigenvalue weighted by Crippen LogP contribution is 1.85. The van der Waals surface area contributed by atoms with Crippen LogP contribution in [-0.4, -0.2) is 59.0 Å². The van der Waals surface area contributed by atoms with Gasteiger partial charge in [0.1, 0.15) is 0 Å². The van der Waals surface area contributed by atoms with Crippen LogP contribution >= 0.6 is 0 Å². The van der Waals surface area contributed by atoms with Crippen molar-refractivity contribution in [2.75, 3.05) is 32.8 Å². The molecule has 0 saturated heterocycles. The van der Waals surface area contributed by atoms with Crippen LogP contribution in [0, 0.1) is 0 Å². The van der Waals surface area contributed by atoms with Gasteiger partial charge in [0.25, 0.3) is 5.97 Å². The Bertz CT molecular complexity index is 140. The van der Waals surface area contributed by atoms with Crippen LogP contribution in [0.2, 0.25) is 0 Å². The first-order chi connectivity index (χ1) is 6.58. The summed E-state index contributed by atoms with van der Waals surface area (Å²) in [5, 5.41) is 24.5. The molecule has 0 spiro atoms. The monoisotopic (exact) mass is 205 g/mol. The molecule has 5 heteroatoms. The van der Waals surface area contributed by atoms with E-state index in [1.165, 1.54) is 0 Å². The molecule has 0 aliphatic rings. The average Bonchev–Trinajstić information content (AvgIpc) is 2.04. The summed E-state index contributed by atoms with van der Waals surface area (Å²) >= 11 is 0. The normalized spacial score (nSPS) is 9.14. The molecule has 0 rings (SSSR count). The molecule has 0 aromatic rings. The molecule has 0 heterocycles. The fraction of sp³-hybridized carbons (Fsp3) is 0.667. The van der Waals surface area contributed by atoms with Gasteiger partial charge >= 0.3 is 0 Å². The number of carbonyl (C=O) groups is 1. The number of aliphatic carboxylic acids is 1. The first kappa shape index (κ1) is 15.6. The Hall–Kier alpha value is -0.910. The fourth-order valence-electron chi connectivity index (χ4n) is 0.760. The predicted molar refractivity (Wildman–Crippen MR) is 54.1 cm³/mol. The van der Waals surface area contributed by atoms with Crippen molar-refractivity contribution in [3.05, 3.63) is 12.7 Å². The molecule has 0 aliphatic carbocycles. The highest BCUT2D eigenvalue weighted by Gasteiger charge is 1.98. The van der Waals surface area contributed by atoms with Crippen LogP contribution in [-0.2, 0) is 4.79 Å². The molecule has 0 fully saturated rings. The standard InChI is InChI=1S/C7H15NO2.C2H4O2/c1-2-3-8(4-6-9)5-7-10;1-2(3)4/h2,9-10H,1,3-7H2;1H3,(H,3,4). The Labute approximate surface area is 84.3 Å². The third kappa shape index (κ3) is 17.3. The van der Waals surface area contributed by atoms with Gasteiger partial charge in [-0.25, -0.2) is 0 Å². The minimum absolute atomic E-state index is 0.133. The van der Waals surface area contributed by atoms with Crippen LogP contribution in [0.15, 0.2) is 12.7 Å². The molecule has 84 valence electrons. The van der Waals surface area contributed by atoms with Crippen LogP contribution in [0.3, 0.4) is 0 Å². The second-order valence-electron chi connectivity index (χ2n) is 2.56. The van der Waals surface area contributed by atoms with Gasteiger partial charge in [-0.15, -0.1) is 6.58 Å². The molecule has 0 radical (unpaired) electrons. The van der Waals surface area contributed by atoms with Crippen LogP contribution < -0.4 is 0 Å². The Morgan fingerprint density at radius 1 is 1.36 bits per heavy atom. The van der Waals surface area contributed by atoms with Gasteiger partial charge in [-0.05, 0) is 0 Å². The maximum atomic E-state index is 9.00. The van der Waals surface area contributed by atoms with E-state index in [9.17, 15) is 0 Å². The van der Waals surface area contributed by atoms with Crippen LogP contribution in [0.5, 0.6) is 0 Å². The Balaban J connectivity index is 0. The van der Waals surface area contributed by atoms with E-state index in [0.717, 1.165) is 13.5 Å². The second-order valence-corrected chi connectivity index (χ2v) is 2.56. The van der Waals surface area contributed by atoms with Gasteiger partial charge in [-0.1, -0.05) is 6.08 Å². The van der Waals surface area contributed by atoms with Gasteiger partial charge in [0.15, 0.2) is 0 Å². The lowest BCUT2D eigenvalue weighted by molar-refractivity contribution is -0.134. The molecule has 0 bridgehead atoms. The number of hydrogen-bond acceptors (Lipinski definition) is 4. The lowest BCUT2D eigenvalue weighted by atomic mass is 10.4. The zero-order chi connectivity index (χ0) is 11.4. The van der Waals surface area contributed by atoms with Crippen molar-refractivity contribution in [1.29, 1.82) is 0 Å². The topological polar surface area (TPSA) is 81.0 Å². The smallest absolute Gasteiger partial charge is 0.300 e. The molecule has 3 N–H and O–H groups in total. The van der Waals surface area contributed by atoms with Gasteiger partial charge in [-0.2, -0.15) is 0 Å². The van der Waals surface area contributed by atoms with Gasteiger partial charge in [0, 0.05) is 26.6 Å². The summed E-state index contributed by atoms with van der Waals surface area (Å²) in [5.74, 6) is -0.833. The summed E-state index contributed by atoms with van der Waals surface area (Å²) in [6, 6.07) is 0. The van der Waals surface area contributed by atoms with Crippen LogP contribution in [0.25, 0.3) is 0 Å². The van der Waals surface area contributed by atoms with Crippen molar-refractivity contribution in [1.82, 2.24) is 4.90 Å². The third-order valence-electron chi connectivity index (χ3n) is 1.22. The molecule has 0 amide bonds. The van der Waals surface area contributed by atoms with E-state index in [2.05, 4.69) is 6.58 Å². The summed E-state index contributed by atoms with van der Waals surface area (Å²) in [6.07, 6.45) is 1.76. The van der Waals surface area contributed by atoms with E-state index in [1.54, 1.807) is 6.08 Å². The van der Waals surface area contributed by atoms with Crippen molar-refractivity contribution in [2.45, 2.75) is 6.92 Å². The zero-order valence-electron chi connectivity index (χ0n) is 8.52. The molecule has 0 aromatic heterocycles. The van der Waals surface area contributed by atoms with Crippen molar-refractivity contribution in [2.24, 2.45) is 0 Å². The maximum Gasteiger partial charge on any atom is 0.300 e. The molecule has 0 saturated carbocycles. The van der Waals surface area contributed by atoms with E-state index in [0.29, 0.717) is 13.1 Å². The number of carboxylic acid groups (broad SMARTS) is 1. The van der Waals surface area contributed by atoms with E-state index in [-0.39, 0.29) is 13.2 Å². The number of nitrogens with zero attached hydrogens (tertiary/aromatic N) is 1. The van der Waals surface area contributed by atoms with Gasteiger partial charge in [-0.3, -0.25) is 9.69 Å². The molecule has 0 atom stereocenters. The SMILES string of the molecule is C=CCN(CCO)CCO.CC(=O)O. The number of hydrogen-bond donors (Lipinski definition) is 3. The molecule has 5 nitrogen and oxygen atoms in total. The average molecular weight is 205 g/mol. The highest BCUT2D eigenvalue weighted by atomic mass is 16.4. The van der Waals surface area contributed by atoms with E-state index < -0.39 is 5.97 Å². The molecule has 0 unspecified atom stereocenters. The summed E-state index contributed by atoms with van der Waals surface area (Å²) in [5.41, 5.74) is 0. The van der Waals surface area contributed by atoms with Crippen molar-refractivity contribution in [3.63, 3.8) is 0 Å². The van der Waals surface area contributed by atoms with Crippen LogP contribution in [0.4, 0.5) is 0 Å². The first-order valence-electron chi connectivity index (χ1n) is 4.33. The largest absolute Gasteiger partial charge is 0.481 e. The van der Waals surface area contributed by atoms with E-state index >= 15 is 0 Å². The van der Waals surface area contributed by atoms with Crippen molar-refractivity contribution < 1.29 is 20.1 Å². The number of aliphatic hydroxyl groups excluding tert-OH is 2. The Morgan fingerprint density at radius 2 is 1.71 bits per heavy atom. The molecule has 0 aliphatic heterocycles. The van der Waals surface area contributed by atoms with Gasteiger partial charge in [0.05, 0.1) is 13.2 Å². The predicted octanol–water partition coefficient (Wildman–Crippen LogP) is -0.450. The van der Waals surface area contributed by atoms with E-state index in [4.69, 9.17) is 20.1 Å². The minimum Gasteiger partial charge on any atom is -0.481 e. The first-order valence-corrected chi connectivity index (χ1v) is 4.33. The minimum atomic E-state index is -0.833. The fourth-order valence-corrected chi connectivity index (χ4v) is 0.760. The van der Waals surface area contributed by atoms with Gasteiger partial charge in [0.2, 0.25) is 0 Å². The zero-order valence-corrected chi connectivity index (χ0v) is 8.52. The lowest BCUT2D eigenvalue weighted by Crippen LogP contribution is -2.29. The number of aliphatic hydroxyl groups is 2. The van der Waals surface area contributed by atoms with Crippen LogP contribution in [0.1, 0.15) is 6.92 Å². The Morgan fingerprint density at radius 3 is 1.93 bits per heavy atom. The quantitative estimate of drug-likeness (QED) is 0.512. The second kappa shape index (κ2) is 12.1. The molecule has 0 aromatic carbocycles. The third-order valence-corrected chi connectivity index (χ3v) is 1.22. The van der Waals surface area contributed by atoms with Gasteiger partial charge < -0.3 is 15.3 Å². The number of carboxylic acids is 1. The number of rotatable bonds is 6. The summed E-state index contributed by atoms with van der Waals surface area (Å²) in [6.45, 7) is 6.84. The highest BCUT2D eigenvalue weighted by molar-refractivity contribution is 5.62. The lowest BCUT2D eigenvalue weighted by Gasteiger charge is -2.17. The molecular weight excluding hydrogens is 186 g/mol.